The van der Waals surface area contributed by atoms with Crippen molar-refractivity contribution in [1.82, 2.24) is 4.90 Å². The maximum absolute atomic E-state index is 13.6. The molecule has 156 valence electrons. The maximum Gasteiger partial charge on any atom is 0.275 e. The zero-order chi connectivity index (χ0) is 21.3. The third kappa shape index (κ3) is 3.72. The predicted molar refractivity (Wildman–Crippen MR) is 114 cm³/mol. The first-order valence-electron chi connectivity index (χ1n) is 10.2. The number of hydrogen-bond acceptors (Lipinski definition) is 3. The summed E-state index contributed by atoms with van der Waals surface area (Å²) in [5.74, 6) is -1.39. The van der Waals surface area contributed by atoms with E-state index in [0.717, 1.165) is 25.7 Å². The highest BCUT2D eigenvalue weighted by Crippen LogP contribution is 2.43. The number of nitrogens with two attached hydrogens (primary N) is 1. The molecule has 1 unspecified atom stereocenters. The third-order valence-electron chi connectivity index (χ3n) is 5.90. The largest absolute Gasteiger partial charge is 0.368 e. The van der Waals surface area contributed by atoms with E-state index in [2.05, 4.69) is 0 Å². The number of benzene rings is 2. The lowest BCUT2D eigenvalue weighted by Crippen LogP contribution is -2.52. The van der Waals surface area contributed by atoms with Crippen LogP contribution in [0.25, 0.3) is 0 Å². The zero-order valence-electron chi connectivity index (χ0n) is 16.5. The van der Waals surface area contributed by atoms with Crippen LogP contribution in [0.4, 0.5) is 4.39 Å². The van der Waals surface area contributed by atoms with Crippen molar-refractivity contribution < 1.29 is 14.0 Å². The summed E-state index contributed by atoms with van der Waals surface area (Å²) in [6, 6.07) is 11.5. The summed E-state index contributed by atoms with van der Waals surface area (Å²) in [5, 5.41) is 0.458. The van der Waals surface area contributed by atoms with Gasteiger partial charge in [0.05, 0.1) is 0 Å². The standard InChI is InChI=1S/C23H23ClFN3O2/c24-17-7-5-6-16(14-17)20(21(26)29)28-22(30)19(15-8-10-18(25)11-9-15)27-23(28)12-3-1-2-4-13-23/h5-11,14,20H,1-4,12-13H2,(H2,26,29). The van der Waals surface area contributed by atoms with E-state index in [-0.39, 0.29) is 17.4 Å². The van der Waals surface area contributed by atoms with E-state index < -0.39 is 17.6 Å². The molecule has 1 heterocycles. The molecule has 7 heteroatoms. The first-order valence-corrected chi connectivity index (χ1v) is 10.5. The van der Waals surface area contributed by atoms with Crippen LogP contribution in [0.5, 0.6) is 0 Å². The number of nitrogens with zero attached hydrogens (tertiary/aromatic N) is 2. The quantitative estimate of drug-likeness (QED) is 0.785. The van der Waals surface area contributed by atoms with Gasteiger partial charge in [0.1, 0.15) is 23.2 Å². The van der Waals surface area contributed by atoms with Gasteiger partial charge in [0.25, 0.3) is 5.91 Å². The molecule has 2 amide bonds. The van der Waals surface area contributed by atoms with Gasteiger partial charge in [-0.3, -0.25) is 19.5 Å². The molecule has 2 aliphatic rings. The highest BCUT2D eigenvalue weighted by Gasteiger charge is 2.51. The minimum atomic E-state index is -0.990. The minimum Gasteiger partial charge on any atom is -0.368 e. The summed E-state index contributed by atoms with van der Waals surface area (Å²) < 4.78 is 13.4. The van der Waals surface area contributed by atoms with Gasteiger partial charge >= 0.3 is 0 Å². The molecule has 30 heavy (non-hydrogen) atoms. The van der Waals surface area contributed by atoms with Crippen LogP contribution in [0, 0.1) is 5.82 Å². The topological polar surface area (TPSA) is 75.8 Å². The van der Waals surface area contributed by atoms with E-state index in [1.54, 1.807) is 41.3 Å². The van der Waals surface area contributed by atoms with Gasteiger partial charge in [-0.2, -0.15) is 0 Å². The lowest BCUT2D eigenvalue weighted by Gasteiger charge is -2.40. The van der Waals surface area contributed by atoms with Crippen LogP contribution in [0.3, 0.4) is 0 Å². The molecule has 4 rings (SSSR count). The van der Waals surface area contributed by atoms with Crippen LogP contribution in [0.15, 0.2) is 53.5 Å². The summed E-state index contributed by atoms with van der Waals surface area (Å²) in [4.78, 5) is 32.7. The van der Waals surface area contributed by atoms with Crippen molar-refractivity contribution in [1.29, 1.82) is 0 Å². The maximum atomic E-state index is 13.6. The van der Waals surface area contributed by atoms with Crippen molar-refractivity contribution >= 4 is 29.1 Å². The van der Waals surface area contributed by atoms with E-state index >= 15 is 0 Å². The first-order chi connectivity index (χ1) is 14.4. The Morgan fingerprint density at radius 2 is 1.77 bits per heavy atom. The van der Waals surface area contributed by atoms with Gasteiger partial charge in [-0.25, -0.2) is 4.39 Å². The number of rotatable bonds is 4. The van der Waals surface area contributed by atoms with E-state index in [4.69, 9.17) is 22.3 Å². The molecule has 2 aromatic carbocycles. The van der Waals surface area contributed by atoms with E-state index in [9.17, 15) is 14.0 Å². The Morgan fingerprint density at radius 3 is 2.37 bits per heavy atom. The molecule has 1 spiro atoms. The van der Waals surface area contributed by atoms with E-state index in [1.807, 2.05) is 0 Å². The number of aliphatic imine (C=N–C) groups is 1. The monoisotopic (exact) mass is 427 g/mol. The molecule has 2 N–H and O–H groups in total. The van der Waals surface area contributed by atoms with E-state index in [0.29, 0.717) is 29.0 Å². The van der Waals surface area contributed by atoms with E-state index in [1.165, 1.54) is 12.1 Å². The Morgan fingerprint density at radius 1 is 1.10 bits per heavy atom. The first kappa shape index (κ1) is 20.5. The zero-order valence-corrected chi connectivity index (χ0v) is 17.2. The molecule has 5 nitrogen and oxygen atoms in total. The van der Waals surface area contributed by atoms with Crippen molar-refractivity contribution in [3.8, 4) is 0 Å². The summed E-state index contributed by atoms with van der Waals surface area (Å²) in [6.45, 7) is 0. The Bertz CT molecular complexity index is 998. The summed E-state index contributed by atoms with van der Waals surface area (Å²) in [5.41, 5.74) is 6.30. The SMILES string of the molecule is NC(=O)C(c1cccc(Cl)c1)N1C(=O)C(c2ccc(F)cc2)=NC12CCCCCC2. The average molecular weight is 428 g/mol. The minimum absolute atomic E-state index is 0.241. The van der Waals surface area contributed by atoms with Gasteiger partial charge in [0.15, 0.2) is 0 Å². The van der Waals surface area contributed by atoms with Gasteiger partial charge in [-0.05, 0) is 67.6 Å². The fourth-order valence-electron chi connectivity index (χ4n) is 4.53. The Kier molecular flexibility index (Phi) is 5.60. The van der Waals surface area contributed by atoms with Crippen molar-refractivity contribution in [2.24, 2.45) is 10.7 Å². The van der Waals surface area contributed by atoms with Crippen LogP contribution in [0.2, 0.25) is 5.02 Å². The molecule has 0 radical (unpaired) electrons. The van der Waals surface area contributed by atoms with Crippen LogP contribution < -0.4 is 5.73 Å². The summed E-state index contributed by atoms with van der Waals surface area (Å²) in [6.07, 6.45) is 5.17. The molecule has 1 aliphatic carbocycles. The molecule has 1 saturated carbocycles. The lowest BCUT2D eigenvalue weighted by molar-refractivity contribution is -0.140. The Balaban J connectivity index is 1.84. The van der Waals surface area contributed by atoms with Crippen molar-refractivity contribution in [2.45, 2.75) is 50.2 Å². The lowest BCUT2D eigenvalue weighted by atomic mass is 9.94. The molecular formula is C23H23ClFN3O2. The number of carbonyl (C=O) groups excluding carboxylic acids is 2. The van der Waals surface area contributed by atoms with Crippen molar-refractivity contribution in [3.63, 3.8) is 0 Å². The van der Waals surface area contributed by atoms with Crippen LogP contribution in [-0.4, -0.2) is 28.1 Å². The normalized spacial score (nSPS) is 19.5. The second kappa shape index (κ2) is 8.19. The smallest absolute Gasteiger partial charge is 0.275 e. The average Bonchev–Trinajstić information content (AvgIpc) is 2.85. The summed E-state index contributed by atoms with van der Waals surface area (Å²) >= 11 is 6.16. The Labute approximate surface area is 179 Å². The van der Waals surface area contributed by atoms with Crippen LogP contribution >= 0.6 is 11.6 Å². The van der Waals surface area contributed by atoms with Gasteiger partial charge in [0, 0.05) is 10.6 Å². The van der Waals surface area contributed by atoms with Crippen molar-refractivity contribution in [3.05, 3.63) is 70.5 Å². The van der Waals surface area contributed by atoms with Gasteiger partial charge in [-0.1, -0.05) is 36.6 Å². The molecule has 2 aromatic rings. The van der Waals surface area contributed by atoms with Gasteiger partial charge < -0.3 is 5.73 Å². The fourth-order valence-corrected chi connectivity index (χ4v) is 4.73. The van der Waals surface area contributed by atoms with Gasteiger partial charge in [0.2, 0.25) is 5.91 Å². The molecule has 1 fully saturated rings. The van der Waals surface area contributed by atoms with Crippen LogP contribution in [0.1, 0.15) is 55.7 Å². The highest BCUT2D eigenvalue weighted by atomic mass is 35.5. The molecule has 1 atom stereocenters. The Hall–Kier alpha value is -2.73. The molecule has 0 bridgehead atoms. The molecule has 0 aromatic heterocycles. The molecular weight excluding hydrogens is 405 g/mol. The summed E-state index contributed by atoms with van der Waals surface area (Å²) in [7, 11) is 0. The second-order valence-electron chi connectivity index (χ2n) is 7.90. The fraction of sp³-hybridized carbons (Fsp3) is 0.348. The highest BCUT2D eigenvalue weighted by molar-refractivity contribution is 6.47. The third-order valence-corrected chi connectivity index (χ3v) is 6.14. The number of hydrogen-bond donors (Lipinski definition) is 1. The van der Waals surface area contributed by atoms with Crippen LogP contribution in [-0.2, 0) is 9.59 Å². The number of amides is 2. The van der Waals surface area contributed by atoms with Gasteiger partial charge in [-0.15, -0.1) is 0 Å². The number of primary amides is 1. The number of halogens is 2. The number of carbonyl (C=O) groups is 2. The molecule has 0 saturated heterocycles. The molecule has 1 aliphatic heterocycles. The van der Waals surface area contributed by atoms with Crippen molar-refractivity contribution in [2.75, 3.05) is 0 Å². The second-order valence-corrected chi connectivity index (χ2v) is 8.34. The predicted octanol–water partition coefficient (Wildman–Crippen LogP) is 4.39.